The Morgan fingerprint density at radius 1 is 0.889 bits per heavy atom. The van der Waals surface area contributed by atoms with Gasteiger partial charge in [0.25, 0.3) is 0 Å². The minimum absolute atomic E-state index is 0. The van der Waals surface area contributed by atoms with Crippen molar-refractivity contribution in [1.82, 2.24) is 4.90 Å². The van der Waals surface area contributed by atoms with Crippen molar-refractivity contribution in [2.24, 2.45) is 5.92 Å². The van der Waals surface area contributed by atoms with Crippen molar-refractivity contribution in [2.45, 2.75) is 19.4 Å². The zero-order valence-electron chi connectivity index (χ0n) is 11.3. The van der Waals surface area contributed by atoms with E-state index in [9.17, 15) is 0 Å². The van der Waals surface area contributed by atoms with E-state index in [2.05, 4.69) is 77.3 Å². The molecule has 0 bridgehead atoms. The van der Waals surface area contributed by atoms with Gasteiger partial charge in [-0.05, 0) is 83.7 Å². The summed E-state index contributed by atoms with van der Waals surface area (Å²) in [5.74, 6) is 3.48. The summed E-state index contributed by atoms with van der Waals surface area (Å²) in [5, 5.41) is 0. The van der Waals surface area contributed by atoms with Gasteiger partial charge in [-0.15, -0.1) is 0 Å². The van der Waals surface area contributed by atoms with Crippen LogP contribution in [0.3, 0.4) is 0 Å². The van der Waals surface area contributed by atoms with Gasteiger partial charge < -0.3 is 4.90 Å². The van der Waals surface area contributed by atoms with Gasteiger partial charge in [-0.2, -0.15) is 0 Å². The Balaban J connectivity index is 0.00000162. The fourth-order valence-corrected chi connectivity index (χ4v) is 2.44. The Hall–Kier alpha value is 0.479. The van der Waals surface area contributed by atoms with Gasteiger partial charge in [0.15, 0.2) is 0 Å². The second-order valence-electron chi connectivity index (χ2n) is 5.05. The number of hydrogen-bond donors (Lipinski definition) is 0. The van der Waals surface area contributed by atoms with Crippen LogP contribution in [0.25, 0.3) is 0 Å². The van der Waals surface area contributed by atoms with Gasteiger partial charge in [-0.3, -0.25) is 0 Å². The topological polar surface area (TPSA) is 3.24 Å². The molecule has 2 aliphatic carbocycles. The van der Waals surface area contributed by atoms with Crippen LogP contribution in [-0.4, -0.2) is 25.0 Å². The smallest absolute Gasteiger partial charge is 0.306 e. The molecular formula is C16H21FeN+2. The first-order valence-electron chi connectivity index (χ1n) is 6.28. The zero-order chi connectivity index (χ0) is 12.3. The fraction of sp³-hybridized carbons (Fsp3) is 0.375. The molecule has 2 heteroatoms. The van der Waals surface area contributed by atoms with E-state index in [1.54, 1.807) is 0 Å². The summed E-state index contributed by atoms with van der Waals surface area (Å²) in [6.45, 7) is 2.31. The van der Waals surface area contributed by atoms with E-state index >= 15 is 0 Å². The molecule has 96 valence electrons. The van der Waals surface area contributed by atoms with Crippen molar-refractivity contribution in [1.29, 1.82) is 0 Å². The third kappa shape index (κ3) is 4.25. The Morgan fingerprint density at radius 2 is 1.33 bits per heavy atom. The number of hydrogen-bond acceptors (Lipinski definition) is 1. The van der Waals surface area contributed by atoms with Crippen LogP contribution in [0.1, 0.15) is 13.3 Å². The van der Waals surface area contributed by atoms with Crippen LogP contribution in [-0.2, 0) is 17.1 Å². The van der Waals surface area contributed by atoms with Gasteiger partial charge >= 0.3 is 17.1 Å². The summed E-state index contributed by atoms with van der Waals surface area (Å²) in [6, 6.07) is 0.509. The molecule has 2 fully saturated rings. The van der Waals surface area contributed by atoms with Crippen molar-refractivity contribution in [2.75, 3.05) is 14.1 Å². The minimum atomic E-state index is 0. The van der Waals surface area contributed by atoms with Crippen molar-refractivity contribution in [3.8, 4) is 0 Å². The molecule has 10 radical (unpaired) electrons. The second kappa shape index (κ2) is 7.92. The molecule has 0 amide bonds. The molecule has 1 nitrogen and oxygen atoms in total. The second-order valence-corrected chi connectivity index (χ2v) is 5.05. The molecule has 2 atom stereocenters. The largest absolute Gasteiger partial charge is 2.00 e. The van der Waals surface area contributed by atoms with E-state index in [1.807, 2.05) is 0 Å². The molecule has 0 aromatic heterocycles. The first kappa shape index (κ1) is 16.5. The molecule has 0 aromatic carbocycles. The van der Waals surface area contributed by atoms with E-state index in [-0.39, 0.29) is 17.1 Å². The van der Waals surface area contributed by atoms with Gasteiger partial charge in [0.1, 0.15) is 0 Å². The van der Waals surface area contributed by atoms with E-state index in [0.29, 0.717) is 12.0 Å². The summed E-state index contributed by atoms with van der Waals surface area (Å²) in [7, 11) is 4.32. The van der Waals surface area contributed by atoms with Crippen LogP contribution in [0.2, 0.25) is 0 Å². The van der Waals surface area contributed by atoms with Gasteiger partial charge in [0.05, 0.1) is 0 Å². The molecule has 0 N–H and O–H groups in total. The first-order valence-corrected chi connectivity index (χ1v) is 6.28. The molecule has 0 aromatic rings. The van der Waals surface area contributed by atoms with E-state index in [4.69, 9.17) is 0 Å². The van der Waals surface area contributed by atoms with Gasteiger partial charge in [-0.25, -0.2) is 0 Å². The normalized spacial score (nSPS) is 25.3. The van der Waals surface area contributed by atoms with Crippen molar-refractivity contribution in [3.05, 3.63) is 63.2 Å². The van der Waals surface area contributed by atoms with Crippen LogP contribution in [0.5, 0.6) is 0 Å². The number of rotatable bonds is 5. The summed E-state index contributed by atoms with van der Waals surface area (Å²) >= 11 is 0. The van der Waals surface area contributed by atoms with Crippen LogP contribution in [0.15, 0.2) is 0 Å². The first-order chi connectivity index (χ1) is 8.18. The minimum Gasteiger partial charge on any atom is -0.306 e. The summed E-state index contributed by atoms with van der Waals surface area (Å²) in [4.78, 5) is 2.31. The third-order valence-electron chi connectivity index (χ3n) is 3.53. The standard InChI is InChI=1S/C16H21N.Fe/c1-13(14-8-4-5-9-14)12-16(17(2)3)15-10-6-7-11-15;/h4-11,13,16H,12H2,1-3H3;/q;+2. The Morgan fingerprint density at radius 3 is 1.78 bits per heavy atom. The molecule has 2 unspecified atom stereocenters. The molecule has 0 heterocycles. The van der Waals surface area contributed by atoms with E-state index in [1.165, 1.54) is 18.3 Å². The van der Waals surface area contributed by atoms with E-state index < -0.39 is 0 Å². The van der Waals surface area contributed by atoms with Gasteiger partial charge in [0.2, 0.25) is 0 Å². The molecule has 2 aliphatic rings. The summed E-state index contributed by atoms with van der Waals surface area (Å²) in [6.07, 6.45) is 18.6. The number of nitrogens with zero attached hydrogens (tertiary/aromatic N) is 1. The van der Waals surface area contributed by atoms with Crippen LogP contribution < -0.4 is 0 Å². The SMILES string of the molecule is CC(CC([C]1[CH][CH][CH][CH]1)N(C)C)[C]1[CH][CH][CH][CH]1.[Fe+2]. The maximum Gasteiger partial charge on any atom is 2.00 e. The van der Waals surface area contributed by atoms with Crippen LogP contribution in [0.4, 0.5) is 0 Å². The predicted molar refractivity (Wildman–Crippen MR) is 72.1 cm³/mol. The van der Waals surface area contributed by atoms with Crippen LogP contribution >= 0.6 is 0 Å². The molecule has 18 heavy (non-hydrogen) atoms. The third-order valence-corrected chi connectivity index (χ3v) is 3.53. The van der Waals surface area contributed by atoms with Crippen molar-refractivity contribution in [3.63, 3.8) is 0 Å². The molecule has 0 saturated heterocycles. The van der Waals surface area contributed by atoms with Gasteiger partial charge in [0, 0.05) is 12.0 Å². The average molecular weight is 283 g/mol. The quantitative estimate of drug-likeness (QED) is 0.701. The molecule has 2 saturated carbocycles. The molecule has 0 spiro atoms. The van der Waals surface area contributed by atoms with Gasteiger partial charge in [-0.1, -0.05) is 6.92 Å². The predicted octanol–water partition coefficient (Wildman–Crippen LogP) is 2.75. The maximum absolute atomic E-state index is 2.31. The van der Waals surface area contributed by atoms with Crippen LogP contribution in [0, 0.1) is 69.1 Å². The summed E-state index contributed by atoms with van der Waals surface area (Å²) in [5.41, 5.74) is 0. The Kier molecular flexibility index (Phi) is 7.28. The monoisotopic (exact) mass is 283 g/mol. The molecule has 2 rings (SSSR count). The molecule has 0 aliphatic heterocycles. The fourth-order valence-electron chi connectivity index (χ4n) is 2.44. The maximum atomic E-state index is 2.31. The summed E-state index contributed by atoms with van der Waals surface area (Å²) < 4.78 is 0. The molecular weight excluding hydrogens is 262 g/mol. The van der Waals surface area contributed by atoms with Crippen molar-refractivity contribution >= 4 is 0 Å². The zero-order valence-corrected chi connectivity index (χ0v) is 12.4. The Labute approximate surface area is 125 Å². The Bertz CT molecular complexity index is 217. The average Bonchev–Trinajstić information content (AvgIpc) is 2.97. The van der Waals surface area contributed by atoms with E-state index in [0.717, 1.165) is 0 Å². The van der Waals surface area contributed by atoms with Crippen molar-refractivity contribution < 1.29 is 17.1 Å².